The molecule has 7 rings (SSSR count). The number of cyclic esters (lactones) is 1. The molecule has 3 heterocycles. The largest absolute Gasteiger partial charge is 0.497 e. The number of carbonyl (C=O) groups excluding carboxylic acids is 3. The first-order chi connectivity index (χ1) is 46.7. The van der Waals surface area contributed by atoms with E-state index in [1.165, 1.54) is 118 Å². The molecule has 0 radical (unpaired) electrons. The summed E-state index contributed by atoms with van der Waals surface area (Å²) in [6.45, 7) is 23.8. The molecule has 3 aliphatic heterocycles. The first-order valence-corrected chi connectivity index (χ1v) is 33.6. The highest BCUT2D eigenvalue weighted by Crippen LogP contribution is 2.40. The van der Waals surface area contributed by atoms with Crippen LogP contribution in [0.4, 0.5) is 8.78 Å². The fourth-order valence-corrected chi connectivity index (χ4v) is 10.8. The van der Waals surface area contributed by atoms with E-state index in [0.717, 1.165) is 0 Å². The minimum atomic E-state index is -1.49. The van der Waals surface area contributed by atoms with Gasteiger partial charge in [0.1, 0.15) is 64.1 Å². The van der Waals surface area contributed by atoms with Crippen molar-refractivity contribution in [2.24, 2.45) is 11.8 Å². The van der Waals surface area contributed by atoms with Crippen molar-refractivity contribution in [3.63, 3.8) is 0 Å². The molecule has 3 aliphatic rings. The lowest BCUT2D eigenvalue weighted by Crippen LogP contribution is -2.39. The van der Waals surface area contributed by atoms with Crippen molar-refractivity contribution in [3.05, 3.63) is 154 Å². The van der Waals surface area contributed by atoms with Gasteiger partial charge >= 0.3 is 23.9 Å². The summed E-state index contributed by atoms with van der Waals surface area (Å²) in [5.41, 5.74) is 1.32. The number of fused-ring (bicyclic) bond motifs is 2. The summed E-state index contributed by atoms with van der Waals surface area (Å²) in [7, 11) is 5.83. The van der Waals surface area contributed by atoms with Crippen molar-refractivity contribution in [1.29, 1.82) is 0 Å². The van der Waals surface area contributed by atoms with E-state index in [1.54, 1.807) is 146 Å². The molecule has 0 aromatic heterocycles. The Balaban J connectivity index is 0.000000300. The number of aromatic carboxylic acids is 1. The second kappa shape index (κ2) is 40.5. The third-order valence-corrected chi connectivity index (χ3v) is 16.3. The summed E-state index contributed by atoms with van der Waals surface area (Å²) in [5.74, 6) is -7.21. The number of hydrogen-bond donors (Lipinski definition) is 2. The van der Waals surface area contributed by atoms with Crippen LogP contribution in [0.25, 0.3) is 12.2 Å². The number of benzene rings is 4. The number of halogens is 2. The van der Waals surface area contributed by atoms with Crippen LogP contribution in [0.1, 0.15) is 180 Å². The molecule has 10 atom stereocenters. The van der Waals surface area contributed by atoms with E-state index in [-0.39, 0.29) is 65.7 Å². The first kappa shape index (κ1) is 81.1. The molecule has 0 bridgehead atoms. The van der Waals surface area contributed by atoms with Crippen molar-refractivity contribution in [2.75, 3.05) is 61.7 Å². The van der Waals surface area contributed by atoms with Crippen LogP contribution in [0.5, 0.6) is 23.0 Å². The minimum Gasteiger partial charge on any atom is -0.497 e. The van der Waals surface area contributed by atoms with Gasteiger partial charge in [-0.3, -0.25) is 0 Å². The molecule has 0 saturated carbocycles. The molecule has 22 heteroatoms. The molecule has 98 heavy (non-hydrogen) atoms. The highest BCUT2D eigenvalue weighted by atomic mass is 19.1. The predicted octanol–water partition coefficient (Wildman–Crippen LogP) is 15.0. The number of esters is 3. The Morgan fingerprint density at radius 2 is 1.30 bits per heavy atom. The lowest BCUT2D eigenvalue weighted by molar-refractivity contribution is -0.154. The maximum atomic E-state index is 16.1. The highest BCUT2D eigenvalue weighted by Gasteiger charge is 2.49. The van der Waals surface area contributed by atoms with Gasteiger partial charge < -0.3 is 76.7 Å². The lowest BCUT2D eigenvalue weighted by atomic mass is 9.98. The molecule has 2 fully saturated rings. The van der Waals surface area contributed by atoms with Gasteiger partial charge in [0.25, 0.3) is 0 Å². The topological polar surface area (TPSA) is 232 Å². The summed E-state index contributed by atoms with van der Waals surface area (Å²) < 4.78 is 105. The Kier molecular flexibility index (Phi) is 33.5. The zero-order chi connectivity index (χ0) is 72.1. The molecular formula is C76H103F2NO19. The number of unbranched alkanes of at least 4 members (excludes halogenated alkanes) is 3. The van der Waals surface area contributed by atoms with E-state index in [4.69, 9.17) is 61.6 Å². The molecule has 540 valence electrons. The van der Waals surface area contributed by atoms with E-state index >= 15 is 8.78 Å². The van der Waals surface area contributed by atoms with Crippen LogP contribution in [-0.2, 0) is 42.6 Å². The van der Waals surface area contributed by atoms with Gasteiger partial charge in [-0.05, 0) is 153 Å². The van der Waals surface area contributed by atoms with Crippen molar-refractivity contribution in [3.8, 4) is 23.0 Å². The second-order valence-electron chi connectivity index (χ2n) is 25.1. The van der Waals surface area contributed by atoms with Crippen LogP contribution in [0, 0.1) is 11.8 Å². The number of hydrogen-bond acceptors (Lipinski definition) is 19. The van der Waals surface area contributed by atoms with Crippen molar-refractivity contribution in [2.45, 2.75) is 188 Å². The van der Waals surface area contributed by atoms with Crippen LogP contribution < -0.4 is 18.9 Å². The summed E-state index contributed by atoms with van der Waals surface area (Å²) in [6, 6.07) is 22.7. The average Bonchev–Trinajstić information content (AvgIpc) is 1.51. The number of aliphatic hydroxyl groups excluding tert-OH is 1. The normalized spacial score (nSPS) is 22.3. The number of methoxy groups -OCH3 is 4. The zero-order valence-corrected chi connectivity index (χ0v) is 59.6. The number of nitrogens with zero attached hydrogens (tertiary/aromatic N) is 1. The molecule has 0 aliphatic carbocycles. The standard InChI is InChI=1S/C32H39FO10.C32H37FO9.C12H27N/c1-19(20(2)34)15-24(33)28(41-31(37)21-11-8-7-9-12-21)29-25(42-32(3,4)43-29)14-10-13-22-16-23(39-6)17-26(40-18-38-5)27(22)30(35)36;1-19-15-24(33)28(40-30(34)21-11-8-7-9-12-21)29-25(41-32(3,4)42-29)14-10-13-22-16-23(37-6)17-26(38-18-36-5)27(22)31(35)39-20(19)2;1-4-7-10-13(11-8-5-2)12-9-6-3/h7-13,15-17,19-20,25,28-29,34H,14,18H2,1-6H3,(H,35,36);7-13,15-17,19-20,25,28-29H,14,18H2,1-6H3;4-12H2,1-3H3/b2*13-10+,24-15+;/t19-,20-,25-,28?,29-;19-,20+,25+,28?,29?;/m01./s1. The molecule has 0 amide bonds. The molecule has 3 unspecified atom stereocenters. The highest BCUT2D eigenvalue weighted by molar-refractivity contribution is 5.97. The molecular weight excluding hydrogens is 1270 g/mol. The lowest BCUT2D eigenvalue weighted by Gasteiger charge is -2.27. The molecule has 2 N–H and O–H groups in total. The summed E-state index contributed by atoms with van der Waals surface area (Å²) in [5, 5.41) is 19.9. The number of carboxylic acids is 1. The Labute approximate surface area is 577 Å². The van der Waals surface area contributed by atoms with E-state index in [2.05, 4.69) is 25.7 Å². The molecule has 20 nitrogen and oxygen atoms in total. The van der Waals surface area contributed by atoms with Gasteiger partial charge in [-0.15, -0.1) is 0 Å². The van der Waals surface area contributed by atoms with Crippen molar-refractivity contribution >= 4 is 36.0 Å². The maximum Gasteiger partial charge on any atom is 0.342 e. The Morgan fingerprint density at radius 3 is 1.85 bits per heavy atom. The van der Waals surface area contributed by atoms with Crippen LogP contribution in [-0.4, -0.2) is 161 Å². The number of aliphatic hydroxyl groups is 1. The van der Waals surface area contributed by atoms with E-state index in [0.29, 0.717) is 17.1 Å². The van der Waals surface area contributed by atoms with Crippen molar-refractivity contribution < 1.29 is 99.8 Å². The SMILES string of the molecule is CCCCN(CCCC)CCCC.COCOc1cc(OC)cc(/C=C/C[C@@H]2OC(C)(C)O[C@@H]2C(OC(=O)c2ccccc2)/C(F)=C\[C@H](C)[C@H](C)O)c1C(=O)O.COCOc1cc(OC)cc2c1C(=O)O[C@@H](C)[C@H](C)/C=C(/F)C(OC(=O)c1ccccc1)C1OC(C)(C)O[C@H]1C/C=C/2. The Morgan fingerprint density at radius 1 is 0.745 bits per heavy atom. The monoisotopic (exact) mass is 1370 g/mol. The van der Waals surface area contributed by atoms with Crippen LogP contribution in [0.2, 0.25) is 0 Å². The smallest absolute Gasteiger partial charge is 0.342 e. The fraction of sp³-hybridized carbons (Fsp3) is 0.526. The minimum absolute atomic E-state index is 0.0557. The van der Waals surface area contributed by atoms with Gasteiger partial charge in [-0.2, -0.15) is 0 Å². The third-order valence-electron chi connectivity index (χ3n) is 16.3. The fourth-order valence-electron chi connectivity index (χ4n) is 10.8. The zero-order valence-electron chi connectivity index (χ0n) is 59.6. The van der Waals surface area contributed by atoms with Gasteiger partial charge in [-0.1, -0.05) is 115 Å². The number of ether oxygens (including phenoxy) is 13. The van der Waals surface area contributed by atoms with Crippen LogP contribution >= 0.6 is 0 Å². The number of carboxylic acid groups (broad SMARTS) is 1. The average molecular weight is 1370 g/mol. The molecule has 0 spiro atoms. The van der Waals surface area contributed by atoms with E-state index in [9.17, 15) is 29.4 Å². The van der Waals surface area contributed by atoms with Gasteiger partial charge in [0, 0.05) is 38.2 Å². The summed E-state index contributed by atoms with van der Waals surface area (Å²) >= 11 is 0. The maximum absolute atomic E-state index is 16.1. The first-order valence-electron chi connectivity index (χ1n) is 33.6. The van der Waals surface area contributed by atoms with E-state index < -0.39 is 108 Å². The molecule has 4 aromatic carbocycles. The summed E-state index contributed by atoms with van der Waals surface area (Å²) in [6.07, 6.45) is 9.59. The van der Waals surface area contributed by atoms with Gasteiger partial charge in [0.05, 0.1) is 43.7 Å². The quantitative estimate of drug-likeness (QED) is 0.0292. The summed E-state index contributed by atoms with van der Waals surface area (Å²) in [4.78, 5) is 54.3. The Hall–Kier alpha value is -7.54. The van der Waals surface area contributed by atoms with Gasteiger partial charge in [0.15, 0.2) is 37.4 Å². The second-order valence-corrected chi connectivity index (χ2v) is 25.1. The number of rotatable bonds is 29. The number of carbonyl (C=O) groups is 4. The van der Waals surface area contributed by atoms with Crippen molar-refractivity contribution in [1.82, 2.24) is 4.90 Å². The van der Waals surface area contributed by atoms with E-state index in [1.807, 2.05) is 0 Å². The molecule has 4 aromatic rings. The van der Waals surface area contributed by atoms with Crippen LogP contribution in [0.3, 0.4) is 0 Å². The Bertz CT molecular complexity index is 3240. The van der Waals surface area contributed by atoms with Gasteiger partial charge in [0.2, 0.25) is 0 Å². The third kappa shape index (κ3) is 25.0. The van der Waals surface area contributed by atoms with Gasteiger partial charge in [-0.25, -0.2) is 28.0 Å². The van der Waals surface area contributed by atoms with Crippen LogP contribution in [0.15, 0.2) is 121 Å². The predicted molar refractivity (Wildman–Crippen MR) is 369 cm³/mol. The molecule has 2 saturated heterocycles.